The molecule has 0 spiro atoms. The molecule has 5 nitrogen and oxygen atoms in total. The SMILES string of the molecule is c1ccc2c(c1)CNCC(c1cnc3nc[nH]c3c1)O2. The first-order valence-corrected chi connectivity index (χ1v) is 6.64. The summed E-state index contributed by atoms with van der Waals surface area (Å²) in [5.41, 5.74) is 3.90. The van der Waals surface area contributed by atoms with Crippen LogP contribution in [0.3, 0.4) is 0 Å². The number of benzene rings is 1. The van der Waals surface area contributed by atoms with Gasteiger partial charge in [-0.15, -0.1) is 0 Å². The Morgan fingerprint density at radius 2 is 2.15 bits per heavy atom. The number of imidazole rings is 1. The fourth-order valence-corrected chi connectivity index (χ4v) is 2.51. The first kappa shape index (κ1) is 11.4. The van der Waals surface area contributed by atoms with E-state index in [-0.39, 0.29) is 6.10 Å². The summed E-state index contributed by atoms with van der Waals surface area (Å²) in [6, 6.07) is 10.2. The summed E-state index contributed by atoms with van der Waals surface area (Å²) in [4.78, 5) is 11.6. The highest BCUT2D eigenvalue weighted by Crippen LogP contribution is 2.28. The molecule has 1 aliphatic rings. The monoisotopic (exact) mass is 266 g/mol. The van der Waals surface area contributed by atoms with Crippen molar-refractivity contribution in [3.8, 4) is 5.75 Å². The van der Waals surface area contributed by atoms with Crippen LogP contribution in [0.25, 0.3) is 11.2 Å². The molecule has 20 heavy (non-hydrogen) atoms. The molecular weight excluding hydrogens is 252 g/mol. The van der Waals surface area contributed by atoms with Crippen LogP contribution in [-0.4, -0.2) is 21.5 Å². The van der Waals surface area contributed by atoms with Gasteiger partial charge in [0.15, 0.2) is 5.65 Å². The van der Waals surface area contributed by atoms with E-state index < -0.39 is 0 Å². The lowest BCUT2D eigenvalue weighted by molar-refractivity contribution is 0.210. The summed E-state index contributed by atoms with van der Waals surface area (Å²) >= 11 is 0. The van der Waals surface area contributed by atoms with Crippen molar-refractivity contribution in [2.75, 3.05) is 6.54 Å². The number of para-hydroxylation sites is 1. The Kier molecular flexibility index (Phi) is 2.63. The Balaban J connectivity index is 1.71. The third-order valence-electron chi connectivity index (χ3n) is 3.55. The maximum Gasteiger partial charge on any atom is 0.177 e. The number of aromatic nitrogens is 3. The Hall–Kier alpha value is -2.40. The highest BCUT2D eigenvalue weighted by atomic mass is 16.5. The van der Waals surface area contributed by atoms with Gasteiger partial charge in [0, 0.05) is 30.4 Å². The molecule has 4 rings (SSSR count). The van der Waals surface area contributed by atoms with Gasteiger partial charge < -0.3 is 15.0 Å². The molecule has 0 bridgehead atoms. The van der Waals surface area contributed by atoms with Gasteiger partial charge in [0.1, 0.15) is 11.9 Å². The number of hydrogen-bond acceptors (Lipinski definition) is 4. The molecule has 0 amide bonds. The molecule has 0 aliphatic carbocycles. The van der Waals surface area contributed by atoms with Crippen molar-refractivity contribution in [3.63, 3.8) is 0 Å². The summed E-state index contributed by atoms with van der Waals surface area (Å²) in [5, 5.41) is 3.42. The predicted molar refractivity (Wildman–Crippen MR) is 75.4 cm³/mol. The molecular formula is C15H14N4O. The van der Waals surface area contributed by atoms with E-state index in [0.29, 0.717) is 0 Å². The van der Waals surface area contributed by atoms with Gasteiger partial charge in [-0.1, -0.05) is 18.2 Å². The van der Waals surface area contributed by atoms with Gasteiger partial charge in [-0.05, 0) is 12.1 Å². The fourth-order valence-electron chi connectivity index (χ4n) is 2.51. The molecule has 2 N–H and O–H groups in total. The van der Waals surface area contributed by atoms with Crippen molar-refractivity contribution in [2.24, 2.45) is 0 Å². The number of hydrogen-bond donors (Lipinski definition) is 2. The lowest BCUT2D eigenvalue weighted by Gasteiger charge is -2.17. The summed E-state index contributed by atoms with van der Waals surface area (Å²) in [7, 11) is 0. The normalized spacial score (nSPS) is 18.3. The van der Waals surface area contributed by atoms with Gasteiger partial charge in [-0.25, -0.2) is 9.97 Å². The average molecular weight is 266 g/mol. The number of H-pyrrole nitrogens is 1. The number of ether oxygens (including phenoxy) is 1. The Labute approximate surface area is 116 Å². The molecule has 3 heterocycles. The molecule has 5 heteroatoms. The van der Waals surface area contributed by atoms with Gasteiger partial charge >= 0.3 is 0 Å². The molecule has 1 aliphatic heterocycles. The van der Waals surface area contributed by atoms with E-state index in [4.69, 9.17) is 4.74 Å². The Morgan fingerprint density at radius 3 is 3.15 bits per heavy atom. The van der Waals surface area contributed by atoms with Crippen molar-refractivity contribution in [1.29, 1.82) is 0 Å². The second-order valence-corrected chi connectivity index (χ2v) is 4.89. The van der Waals surface area contributed by atoms with Gasteiger partial charge in [-0.3, -0.25) is 0 Å². The first-order valence-electron chi connectivity index (χ1n) is 6.64. The third kappa shape index (κ3) is 1.92. The minimum absolute atomic E-state index is 0.0427. The minimum atomic E-state index is -0.0427. The molecule has 0 saturated heterocycles. The van der Waals surface area contributed by atoms with E-state index in [1.165, 1.54) is 5.56 Å². The summed E-state index contributed by atoms with van der Waals surface area (Å²) in [6.07, 6.45) is 3.45. The van der Waals surface area contributed by atoms with Crippen molar-refractivity contribution in [3.05, 3.63) is 54.0 Å². The smallest absolute Gasteiger partial charge is 0.177 e. The zero-order valence-electron chi connectivity index (χ0n) is 10.8. The number of pyridine rings is 1. The summed E-state index contributed by atoms with van der Waals surface area (Å²) in [6.45, 7) is 1.59. The molecule has 1 atom stereocenters. The van der Waals surface area contributed by atoms with Gasteiger partial charge in [0.2, 0.25) is 0 Å². The topological polar surface area (TPSA) is 62.8 Å². The van der Waals surface area contributed by atoms with Crippen LogP contribution in [-0.2, 0) is 6.54 Å². The first-order chi connectivity index (χ1) is 9.90. The number of aromatic amines is 1. The van der Waals surface area contributed by atoms with Crippen LogP contribution in [0.4, 0.5) is 0 Å². The van der Waals surface area contributed by atoms with Crippen LogP contribution in [0.15, 0.2) is 42.9 Å². The molecule has 1 unspecified atom stereocenters. The van der Waals surface area contributed by atoms with Crippen LogP contribution < -0.4 is 10.1 Å². The highest BCUT2D eigenvalue weighted by molar-refractivity contribution is 5.70. The lowest BCUT2D eigenvalue weighted by atomic mass is 10.1. The van der Waals surface area contributed by atoms with Gasteiger partial charge in [0.25, 0.3) is 0 Å². The molecule has 0 radical (unpaired) electrons. The van der Waals surface area contributed by atoms with Gasteiger partial charge in [0.05, 0.1) is 11.8 Å². The number of fused-ring (bicyclic) bond motifs is 2. The van der Waals surface area contributed by atoms with E-state index in [0.717, 1.165) is 35.6 Å². The van der Waals surface area contributed by atoms with E-state index in [2.05, 4.69) is 32.4 Å². The standard InChI is InChI=1S/C15H14N4O/c1-2-4-13-10(3-1)6-16-8-14(20-13)11-5-12-15(17-7-11)19-9-18-12/h1-5,7,9,14,16H,6,8H2,(H,17,18,19). The Morgan fingerprint density at radius 1 is 1.20 bits per heavy atom. The average Bonchev–Trinajstić information content (AvgIpc) is 2.84. The molecule has 3 aromatic rings. The largest absolute Gasteiger partial charge is 0.484 e. The second kappa shape index (κ2) is 4.61. The van der Waals surface area contributed by atoms with E-state index >= 15 is 0 Å². The zero-order chi connectivity index (χ0) is 13.4. The summed E-state index contributed by atoms with van der Waals surface area (Å²) in [5.74, 6) is 0.937. The Bertz CT molecular complexity index is 752. The van der Waals surface area contributed by atoms with Crippen LogP contribution >= 0.6 is 0 Å². The molecule has 2 aromatic heterocycles. The number of nitrogens with zero attached hydrogens (tertiary/aromatic N) is 2. The van der Waals surface area contributed by atoms with Crippen molar-refractivity contribution < 1.29 is 4.74 Å². The zero-order valence-corrected chi connectivity index (χ0v) is 10.8. The van der Waals surface area contributed by atoms with Gasteiger partial charge in [-0.2, -0.15) is 0 Å². The summed E-state index contributed by atoms with van der Waals surface area (Å²) < 4.78 is 6.13. The van der Waals surface area contributed by atoms with E-state index in [1.54, 1.807) is 6.33 Å². The van der Waals surface area contributed by atoms with Crippen LogP contribution in [0.1, 0.15) is 17.2 Å². The third-order valence-corrected chi connectivity index (χ3v) is 3.55. The van der Waals surface area contributed by atoms with Crippen molar-refractivity contribution in [2.45, 2.75) is 12.6 Å². The fraction of sp³-hybridized carbons (Fsp3) is 0.200. The number of nitrogens with one attached hydrogen (secondary N) is 2. The minimum Gasteiger partial charge on any atom is -0.484 e. The quantitative estimate of drug-likeness (QED) is 0.708. The highest BCUT2D eigenvalue weighted by Gasteiger charge is 2.19. The molecule has 1 aromatic carbocycles. The molecule has 100 valence electrons. The van der Waals surface area contributed by atoms with E-state index in [9.17, 15) is 0 Å². The maximum absolute atomic E-state index is 6.13. The molecule has 0 saturated carbocycles. The van der Waals surface area contributed by atoms with Crippen LogP contribution in [0.2, 0.25) is 0 Å². The second-order valence-electron chi connectivity index (χ2n) is 4.89. The molecule has 0 fully saturated rings. The predicted octanol–water partition coefficient (Wildman–Crippen LogP) is 2.18. The lowest BCUT2D eigenvalue weighted by Crippen LogP contribution is -2.21. The van der Waals surface area contributed by atoms with Crippen LogP contribution in [0, 0.1) is 0 Å². The van der Waals surface area contributed by atoms with E-state index in [1.807, 2.05) is 24.4 Å². The van der Waals surface area contributed by atoms with Crippen molar-refractivity contribution >= 4 is 11.2 Å². The van der Waals surface area contributed by atoms with Crippen molar-refractivity contribution in [1.82, 2.24) is 20.3 Å². The number of rotatable bonds is 1. The maximum atomic E-state index is 6.13. The van der Waals surface area contributed by atoms with Crippen LogP contribution in [0.5, 0.6) is 5.75 Å².